The van der Waals surface area contributed by atoms with E-state index < -0.39 is 37.7 Å². The first-order valence-electron chi connectivity index (χ1n) is 8.82. The summed E-state index contributed by atoms with van der Waals surface area (Å²) in [5.74, 6) is 0.979. The normalized spacial score (nSPS) is 13.3. The predicted octanol–water partition coefficient (Wildman–Crippen LogP) is 4.26. The van der Waals surface area contributed by atoms with Crippen molar-refractivity contribution in [2.75, 3.05) is 0 Å². The summed E-state index contributed by atoms with van der Waals surface area (Å²) in [6.07, 6.45) is -4.91. The largest absolute Gasteiger partial charge is 0.480 e. The first-order chi connectivity index (χ1) is 12.6. The number of hydrogen-bond donors (Lipinski definition) is 2. The van der Waals surface area contributed by atoms with Crippen molar-refractivity contribution in [2.24, 2.45) is 0 Å². The third-order valence-electron chi connectivity index (χ3n) is 4.83. The number of carboxylic acids is 1. The van der Waals surface area contributed by atoms with Gasteiger partial charge in [-0.15, -0.1) is 11.5 Å². The zero-order chi connectivity index (χ0) is 21.8. The topological polar surface area (TPSA) is 66.4 Å². The number of carboxylic acid groups (broad SMARTS) is 1. The van der Waals surface area contributed by atoms with Crippen LogP contribution >= 0.6 is 0 Å². The SMILES string of the molecule is CC(C)(C)[Si](C)(C)C#CC[C@H](NC(=O)Cc1cccc(C(F)(F)F)c1)C(=O)O. The molecule has 1 amide bonds. The van der Waals surface area contributed by atoms with Gasteiger partial charge in [-0.1, -0.05) is 52.1 Å². The highest BCUT2D eigenvalue weighted by molar-refractivity contribution is 6.87. The lowest BCUT2D eigenvalue weighted by Crippen LogP contribution is -2.41. The van der Waals surface area contributed by atoms with Gasteiger partial charge in [0.05, 0.1) is 12.0 Å². The molecular weight excluding hydrogens is 387 g/mol. The van der Waals surface area contributed by atoms with Gasteiger partial charge in [0.15, 0.2) is 0 Å². The number of benzene rings is 1. The molecule has 0 aliphatic carbocycles. The Kier molecular flexibility index (Phi) is 7.49. The van der Waals surface area contributed by atoms with Crippen molar-refractivity contribution < 1.29 is 27.9 Å². The van der Waals surface area contributed by atoms with Crippen LogP contribution in [-0.2, 0) is 22.2 Å². The van der Waals surface area contributed by atoms with Gasteiger partial charge < -0.3 is 10.4 Å². The molecule has 0 heterocycles. The van der Waals surface area contributed by atoms with Gasteiger partial charge in [-0.25, -0.2) is 4.79 Å². The number of hydrogen-bond acceptors (Lipinski definition) is 2. The maximum absolute atomic E-state index is 12.8. The average molecular weight is 414 g/mol. The standard InChI is InChI=1S/C20H26F3NO3Si/c1-19(2,3)28(4,5)11-7-10-16(18(26)27)24-17(25)13-14-8-6-9-15(12-14)20(21,22)23/h6,8-9,12,16H,10,13H2,1-5H3,(H,24,25)(H,26,27)/t16-/m0/s1. The Morgan fingerprint density at radius 2 is 1.82 bits per heavy atom. The molecule has 0 unspecified atom stereocenters. The Morgan fingerprint density at radius 3 is 2.32 bits per heavy atom. The van der Waals surface area contributed by atoms with Crippen molar-refractivity contribution in [3.63, 3.8) is 0 Å². The molecule has 4 nitrogen and oxygen atoms in total. The fourth-order valence-corrected chi connectivity index (χ4v) is 2.97. The molecule has 1 rings (SSSR count). The van der Waals surface area contributed by atoms with Crippen LogP contribution in [0.15, 0.2) is 24.3 Å². The molecule has 1 aromatic rings. The van der Waals surface area contributed by atoms with Gasteiger partial charge in [0.1, 0.15) is 14.1 Å². The van der Waals surface area contributed by atoms with E-state index in [0.717, 1.165) is 12.1 Å². The van der Waals surface area contributed by atoms with E-state index in [0.29, 0.717) is 0 Å². The molecule has 0 fully saturated rings. The minimum atomic E-state index is -4.50. The molecule has 0 saturated heterocycles. The lowest BCUT2D eigenvalue weighted by Gasteiger charge is -2.31. The van der Waals surface area contributed by atoms with Crippen LogP contribution in [0.25, 0.3) is 0 Å². The first-order valence-corrected chi connectivity index (χ1v) is 11.8. The third kappa shape index (κ3) is 7.04. The number of carbonyl (C=O) groups is 2. The van der Waals surface area contributed by atoms with E-state index in [1.807, 2.05) is 0 Å². The Balaban J connectivity index is 2.81. The van der Waals surface area contributed by atoms with Crippen molar-refractivity contribution in [3.05, 3.63) is 35.4 Å². The van der Waals surface area contributed by atoms with E-state index >= 15 is 0 Å². The molecule has 28 heavy (non-hydrogen) atoms. The summed E-state index contributed by atoms with van der Waals surface area (Å²) < 4.78 is 38.3. The lowest BCUT2D eigenvalue weighted by molar-refractivity contribution is -0.141. The number of amides is 1. The maximum Gasteiger partial charge on any atom is 0.416 e. The molecule has 0 aromatic heterocycles. The van der Waals surface area contributed by atoms with Crippen molar-refractivity contribution >= 4 is 20.0 Å². The van der Waals surface area contributed by atoms with Crippen LogP contribution in [0.3, 0.4) is 0 Å². The van der Waals surface area contributed by atoms with Crippen LogP contribution in [0.2, 0.25) is 18.1 Å². The molecule has 0 aliphatic rings. The zero-order valence-electron chi connectivity index (χ0n) is 16.7. The Hall–Kier alpha value is -2.27. The molecule has 0 bridgehead atoms. The van der Waals surface area contributed by atoms with Gasteiger partial charge in [-0.2, -0.15) is 13.2 Å². The van der Waals surface area contributed by atoms with Gasteiger partial charge in [-0.05, 0) is 16.7 Å². The summed E-state index contributed by atoms with van der Waals surface area (Å²) >= 11 is 0. The van der Waals surface area contributed by atoms with E-state index in [9.17, 15) is 27.9 Å². The number of carbonyl (C=O) groups excluding carboxylic acids is 1. The van der Waals surface area contributed by atoms with Gasteiger partial charge in [0, 0.05) is 6.42 Å². The van der Waals surface area contributed by atoms with Crippen LogP contribution in [-0.4, -0.2) is 31.1 Å². The van der Waals surface area contributed by atoms with E-state index in [1.54, 1.807) is 0 Å². The zero-order valence-corrected chi connectivity index (χ0v) is 17.7. The Bertz CT molecular complexity index is 786. The van der Waals surface area contributed by atoms with E-state index in [2.05, 4.69) is 50.6 Å². The molecule has 8 heteroatoms. The van der Waals surface area contributed by atoms with Crippen LogP contribution in [0, 0.1) is 11.5 Å². The number of nitrogens with one attached hydrogen (secondary N) is 1. The minimum absolute atomic E-state index is 0.0193. The van der Waals surface area contributed by atoms with Crippen molar-refractivity contribution in [1.82, 2.24) is 5.32 Å². The van der Waals surface area contributed by atoms with Gasteiger partial charge >= 0.3 is 12.1 Å². The molecular formula is C20H26F3NO3Si. The second kappa shape index (κ2) is 8.82. The Morgan fingerprint density at radius 1 is 1.21 bits per heavy atom. The molecule has 0 aliphatic heterocycles. The second-order valence-electron chi connectivity index (χ2n) is 8.21. The van der Waals surface area contributed by atoms with E-state index in [-0.39, 0.29) is 23.4 Å². The highest BCUT2D eigenvalue weighted by Gasteiger charge is 2.34. The minimum Gasteiger partial charge on any atom is -0.480 e. The summed E-state index contributed by atoms with van der Waals surface area (Å²) in [6, 6.07) is 3.19. The number of alkyl halides is 3. The lowest BCUT2D eigenvalue weighted by atomic mass is 10.1. The number of aliphatic carboxylic acids is 1. The molecule has 154 valence electrons. The summed E-state index contributed by atoms with van der Waals surface area (Å²) in [6.45, 7) is 10.4. The summed E-state index contributed by atoms with van der Waals surface area (Å²) in [4.78, 5) is 23.5. The second-order valence-corrected chi connectivity index (χ2v) is 13.2. The highest BCUT2D eigenvalue weighted by Crippen LogP contribution is 2.35. The summed E-state index contributed by atoms with van der Waals surface area (Å²) in [7, 11) is -1.90. The maximum atomic E-state index is 12.8. The number of halogens is 3. The average Bonchev–Trinajstić information content (AvgIpc) is 2.52. The van der Waals surface area contributed by atoms with Crippen molar-refractivity contribution in [2.45, 2.75) is 64.0 Å². The highest BCUT2D eigenvalue weighted by atomic mass is 28.3. The van der Waals surface area contributed by atoms with E-state index in [1.165, 1.54) is 12.1 Å². The summed E-state index contributed by atoms with van der Waals surface area (Å²) in [5.41, 5.74) is 2.48. The monoisotopic (exact) mass is 413 g/mol. The van der Waals surface area contributed by atoms with Crippen molar-refractivity contribution in [3.8, 4) is 11.5 Å². The molecule has 1 atom stereocenters. The fraction of sp³-hybridized carbons (Fsp3) is 0.500. The predicted molar refractivity (Wildman–Crippen MR) is 104 cm³/mol. The van der Waals surface area contributed by atoms with Crippen LogP contribution in [0.5, 0.6) is 0 Å². The van der Waals surface area contributed by atoms with Crippen LogP contribution < -0.4 is 5.32 Å². The smallest absolute Gasteiger partial charge is 0.416 e. The van der Waals surface area contributed by atoms with Gasteiger partial charge in [0.25, 0.3) is 0 Å². The van der Waals surface area contributed by atoms with E-state index in [4.69, 9.17) is 0 Å². The van der Waals surface area contributed by atoms with Crippen LogP contribution in [0.1, 0.15) is 38.3 Å². The van der Waals surface area contributed by atoms with Crippen LogP contribution in [0.4, 0.5) is 13.2 Å². The van der Waals surface area contributed by atoms with Gasteiger partial charge in [0.2, 0.25) is 5.91 Å². The van der Waals surface area contributed by atoms with Gasteiger partial charge in [-0.3, -0.25) is 4.79 Å². The fourth-order valence-electron chi connectivity index (χ4n) is 2.05. The number of rotatable bonds is 5. The summed E-state index contributed by atoms with van der Waals surface area (Å²) in [5, 5.41) is 11.7. The Labute approximate surface area is 164 Å². The third-order valence-corrected chi connectivity index (χ3v) is 9.39. The quantitative estimate of drug-likeness (QED) is 0.560. The first kappa shape index (κ1) is 23.8. The molecule has 1 aromatic carbocycles. The molecule has 2 N–H and O–H groups in total. The molecule has 0 radical (unpaired) electrons. The molecule has 0 spiro atoms. The van der Waals surface area contributed by atoms with Crippen molar-refractivity contribution in [1.29, 1.82) is 0 Å². The molecule has 0 saturated carbocycles.